The molecule has 0 atom stereocenters. The minimum Gasteiger partial charge on any atom is -0.497 e. The van der Waals surface area contributed by atoms with E-state index in [1.165, 1.54) is 0 Å². The number of nitrogens with zero attached hydrogens (tertiary/aromatic N) is 1. The van der Waals surface area contributed by atoms with E-state index in [9.17, 15) is 4.79 Å². The normalized spacial score (nSPS) is 9.65. The minimum absolute atomic E-state index is 0.0749. The molecule has 1 aromatic carbocycles. The maximum absolute atomic E-state index is 11.5. The number of nitrogens with one attached hydrogen (secondary N) is 2. The van der Waals surface area contributed by atoms with Crippen molar-refractivity contribution in [1.82, 2.24) is 10.6 Å². The van der Waals surface area contributed by atoms with E-state index in [1.807, 2.05) is 19.2 Å². The molecule has 0 spiro atoms. The van der Waals surface area contributed by atoms with E-state index in [1.54, 1.807) is 19.2 Å². The standard InChI is InChI=1S/C14H19N3O3/c1-16-9-11-8-12(19-2)4-5-13(11)20-10-14(18)17-7-3-6-15/h4-5,8,16H,3,7,9-10H2,1-2H3,(H,17,18). The van der Waals surface area contributed by atoms with Gasteiger partial charge in [-0.3, -0.25) is 4.79 Å². The Morgan fingerprint density at radius 2 is 2.25 bits per heavy atom. The van der Waals surface area contributed by atoms with Crippen molar-refractivity contribution >= 4 is 5.91 Å². The Morgan fingerprint density at radius 1 is 1.45 bits per heavy atom. The molecule has 0 aliphatic rings. The average Bonchev–Trinajstić information content (AvgIpc) is 2.46. The molecule has 1 aromatic rings. The van der Waals surface area contributed by atoms with Crippen LogP contribution in [0.1, 0.15) is 12.0 Å². The highest BCUT2D eigenvalue weighted by molar-refractivity contribution is 5.77. The predicted molar refractivity (Wildman–Crippen MR) is 74.5 cm³/mol. The smallest absolute Gasteiger partial charge is 0.257 e. The first-order valence-electron chi connectivity index (χ1n) is 6.29. The molecule has 6 nitrogen and oxygen atoms in total. The zero-order valence-electron chi connectivity index (χ0n) is 11.7. The molecule has 0 aliphatic carbocycles. The number of hydrogen-bond donors (Lipinski definition) is 2. The number of ether oxygens (including phenoxy) is 2. The Morgan fingerprint density at radius 3 is 2.90 bits per heavy atom. The Hall–Kier alpha value is -2.26. The Bertz CT molecular complexity index is 483. The largest absolute Gasteiger partial charge is 0.497 e. The highest BCUT2D eigenvalue weighted by Crippen LogP contribution is 2.24. The van der Waals surface area contributed by atoms with Gasteiger partial charge in [-0.15, -0.1) is 0 Å². The van der Waals surface area contributed by atoms with E-state index in [0.29, 0.717) is 25.3 Å². The number of methoxy groups -OCH3 is 1. The molecule has 0 unspecified atom stereocenters. The molecule has 0 saturated heterocycles. The van der Waals surface area contributed by atoms with Crippen molar-refractivity contribution < 1.29 is 14.3 Å². The molecule has 20 heavy (non-hydrogen) atoms. The quantitative estimate of drug-likeness (QED) is 0.687. The molecule has 6 heteroatoms. The van der Waals surface area contributed by atoms with Crippen molar-refractivity contribution in [2.75, 3.05) is 27.3 Å². The van der Waals surface area contributed by atoms with Crippen LogP contribution in [0, 0.1) is 11.3 Å². The fourth-order valence-electron chi connectivity index (χ4n) is 1.60. The maximum Gasteiger partial charge on any atom is 0.257 e. The fourth-order valence-corrected chi connectivity index (χ4v) is 1.60. The number of hydrogen-bond acceptors (Lipinski definition) is 5. The Labute approximate surface area is 118 Å². The summed E-state index contributed by atoms with van der Waals surface area (Å²) in [7, 11) is 3.43. The molecule has 2 N–H and O–H groups in total. The summed E-state index contributed by atoms with van der Waals surface area (Å²) in [5, 5.41) is 14.0. The molecule has 0 radical (unpaired) electrons. The van der Waals surface area contributed by atoms with Gasteiger partial charge in [0, 0.05) is 18.7 Å². The van der Waals surface area contributed by atoms with E-state index < -0.39 is 0 Å². The lowest BCUT2D eigenvalue weighted by atomic mass is 10.2. The van der Waals surface area contributed by atoms with E-state index in [-0.39, 0.29) is 12.5 Å². The van der Waals surface area contributed by atoms with Crippen LogP contribution in [0.3, 0.4) is 0 Å². The third-order valence-corrected chi connectivity index (χ3v) is 2.55. The van der Waals surface area contributed by atoms with Crippen molar-refractivity contribution in [1.29, 1.82) is 5.26 Å². The molecule has 1 amide bonds. The van der Waals surface area contributed by atoms with Gasteiger partial charge >= 0.3 is 0 Å². The molecule has 0 heterocycles. The predicted octanol–water partition coefficient (Wildman–Crippen LogP) is 0.823. The monoisotopic (exact) mass is 277 g/mol. The molecular weight excluding hydrogens is 258 g/mol. The lowest BCUT2D eigenvalue weighted by Crippen LogP contribution is -2.29. The zero-order chi connectivity index (χ0) is 14.8. The fraction of sp³-hybridized carbons (Fsp3) is 0.429. The number of nitriles is 1. The van der Waals surface area contributed by atoms with E-state index in [4.69, 9.17) is 14.7 Å². The highest BCUT2D eigenvalue weighted by atomic mass is 16.5. The van der Waals surface area contributed by atoms with Crippen LogP contribution in [-0.2, 0) is 11.3 Å². The summed E-state index contributed by atoms with van der Waals surface area (Å²) < 4.78 is 10.6. The molecule has 1 rings (SSSR count). The Balaban J connectivity index is 2.58. The van der Waals surface area contributed by atoms with Gasteiger partial charge in [-0.25, -0.2) is 0 Å². The molecule has 0 saturated carbocycles. The maximum atomic E-state index is 11.5. The second-order valence-electron chi connectivity index (χ2n) is 4.05. The number of rotatable bonds is 8. The zero-order valence-corrected chi connectivity index (χ0v) is 11.7. The number of carbonyl (C=O) groups excluding carboxylic acids is 1. The van der Waals surface area contributed by atoms with Crippen LogP contribution < -0.4 is 20.1 Å². The summed E-state index contributed by atoms with van der Waals surface area (Å²) in [5.74, 6) is 1.13. The summed E-state index contributed by atoms with van der Waals surface area (Å²) in [6, 6.07) is 7.37. The number of amides is 1. The van der Waals surface area contributed by atoms with E-state index in [2.05, 4.69) is 10.6 Å². The van der Waals surface area contributed by atoms with Gasteiger partial charge in [0.25, 0.3) is 5.91 Å². The van der Waals surface area contributed by atoms with E-state index >= 15 is 0 Å². The lowest BCUT2D eigenvalue weighted by Gasteiger charge is -2.12. The molecule has 108 valence electrons. The summed E-state index contributed by atoms with van der Waals surface area (Å²) >= 11 is 0. The van der Waals surface area contributed by atoms with Gasteiger partial charge in [0.2, 0.25) is 0 Å². The van der Waals surface area contributed by atoms with Crippen LogP contribution in [0.25, 0.3) is 0 Å². The van der Waals surface area contributed by atoms with Crippen LogP contribution in [-0.4, -0.2) is 33.2 Å². The first kappa shape index (κ1) is 15.8. The molecule has 0 aliphatic heterocycles. The van der Waals surface area contributed by atoms with Crippen molar-refractivity contribution in [3.8, 4) is 17.6 Å². The molecule has 0 fully saturated rings. The van der Waals surface area contributed by atoms with Gasteiger partial charge < -0.3 is 20.1 Å². The van der Waals surface area contributed by atoms with Gasteiger partial charge in [0.05, 0.1) is 19.6 Å². The Kier molecular flexibility index (Phi) is 6.93. The summed E-state index contributed by atoms with van der Waals surface area (Å²) in [6.07, 6.45) is 0.291. The van der Waals surface area contributed by atoms with Gasteiger partial charge in [0.15, 0.2) is 6.61 Å². The van der Waals surface area contributed by atoms with Crippen molar-refractivity contribution in [2.24, 2.45) is 0 Å². The number of benzene rings is 1. The van der Waals surface area contributed by atoms with Crippen LogP contribution in [0.2, 0.25) is 0 Å². The summed E-state index contributed by atoms with van der Waals surface area (Å²) in [5.41, 5.74) is 0.914. The van der Waals surface area contributed by atoms with Crippen LogP contribution in [0.5, 0.6) is 11.5 Å². The summed E-state index contributed by atoms with van der Waals surface area (Å²) in [4.78, 5) is 11.5. The van der Waals surface area contributed by atoms with Gasteiger partial charge in [-0.2, -0.15) is 5.26 Å². The lowest BCUT2D eigenvalue weighted by molar-refractivity contribution is -0.123. The number of carbonyl (C=O) groups is 1. The van der Waals surface area contributed by atoms with Gasteiger partial charge in [-0.1, -0.05) is 0 Å². The first-order chi connectivity index (χ1) is 9.71. The van der Waals surface area contributed by atoms with Gasteiger partial charge in [0.1, 0.15) is 11.5 Å². The van der Waals surface area contributed by atoms with Crippen LogP contribution in [0.4, 0.5) is 0 Å². The SMILES string of the molecule is CNCc1cc(OC)ccc1OCC(=O)NCCC#N. The minimum atomic E-state index is -0.244. The second kappa shape index (κ2) is 8.77. The van der Waals surface area contributed by atoms with Crippen molar-refractivity contribution in [3.63, 3.8) is 0 Å². The van der Waals surface area contributed by atoms with Gasteiger partial charge in [-0.05, 0) is 25.2 Å². The second-order valence-corrected chi connectivity index (χ2v) is 4.05. The molecule has 0 aromatic heterocycles. The van der Waals surface area contributed by atoms with Crippen LogP contribution in [0.15, 0.2) is 18.2 Å². The average molecular weight is 277 g/mol. The first-order valence-corrected chi connectivity index (χ1v) is 6.29. The van der Waals surface area contributed by atoms with Crippen LogP contribution >= 0.6 is 0 Å². The highest BCUT2D eigenvalue weighted by Gasteiger charge is 2.08. The molecule has 0 bridgehead atoms. The topological polar surface area (TPSA) is 83.4 Å². The van der Waals surface area contributed by atoms with E-state index in [0.717, 1.165) is 11.3 Å². The third-order valence-electron chi connectivity index (χ3n) is 2.55. The van der Waals surface area contributed by atoms with Crippen molar-refractivity contribution in [2.45, 2.75) is 13.0 Å². The van der Waals surface area contributed by atoms with Crippen molar-refractivity contribution in [3.05, 3.63) is 23.8 Å². The summed E-state index contributed by atoms with van der Waals surface area (Å²) in [6.45, 7) is 0.877. The third kappa shape index (κ3) is 5.16. The molecular formula is C14H19N3O3.